The van der Waals surface area contributed by atoms with E-state index in [1.54, 1.807) is 41.1 Å². The number of para-hydroxylation sites is 1. The summed E-state index contributed by atoms with van der Waals surface area (Å²) in [6, 6.07) is 12.2. The van der Waals surface area contributed by atoms with Crippen molar-refractivity contribution in [2.45, 2.75) is 37.9 Å². The lowest BCUT2D eigenvalue weighted by Gasteiger charge is -2.45. The maximum Gasteiger partial charge on any atom is 0.272 e. The monoisotopic (exact) mass is 468 g/mol. The van der Waals surface area contributed by atoms with Crippen molar-refractivity contribution in [2.24, 2.45) is 5.41 Å². The van der Waals surface area contributed by atoms with Crippen LogP contribution < -0.4 is 10.5 Å². The molecule has 2 aliphatic heterocycles. The lowest BCUT2D eigenvalue weighted by molar-refractivity contribution is -0.135. The molecule has 34 heavy (non-hydrogen) atoms. The Labute approximate surface area is 199 Å². The summed E-state index contributed by atoms with van der Waals surface area (Å²) >= 11 is 0. The standard InChI is InChI=1S/C25H32N4O5/c1-28-16-25(9-11-29(12-10-25)24(33)18-6-4-8-22(26)27-18)14-20(31)19(30)13-17-5-2-3-7-21(17)34-15-23(28)32/h2-8,19-20,30-31H,9-16H2,1H3,(H2,26,27)/t19-,20+/m0/s1. The molecule has 2 atom stereocenters. The largest absolute Gasteiger partial charge is 0.483 e. The Kier molecular flexibility index (Phi) is 7.04. The Morgan fingerprint density at radius 1 is 1.12 bits per heavy atom. The Morgan fingerprint density at radius 3 is 2.59 bits per heavy atom. The highest BCUT2D eigenvalue weighted by Gasteiger charge is 2.41. The van der Waals surface area contributed by atoms with E-state index in [-0.39, 0.29) is 24.8 Å². The predicted octanol–water partition coefficient (Wildman–Crippen LogP) is 1.09. The first-order chi connectivity index (χ1) is 16.3. The van der Waals surface area contributed by atoms with Crippen molar-refractivity contribution >= 4 is 17.6 Å². The third-order valence-corrected chi connectivity index (χ3v) is 6.94. The van der Waals surface area contributed by atoms with Gasteiger partial charge in [0.05, 0.1) is 12.2 Å². The van der Waals surface area contributed by atoms with Crippen LogP contribution >= 0.6 is 0 Å². The Morgan fingerprint density at radius 2 is 1.85 bits per heavy atom. The number of ether oxygens (including phenoxy) is 1. The second-order valence-corrected chi connectivity index (χ2v) is 9.43. The average molecular weight is 469 g/mol. The van der Waals surface area contributed by atoms with Crippen LogP contribution in [0.4, 0.5) is 5.82 Å². The summed E-state index contributed by atoms with van der Waals surface area (Å²) in [5.41, 5.74) is 6.33. The molecule has 9 heteroatoms. The predicted molar refractivity (Wildman–Crippen MR) is 126 cm³/mol. The minimum atomic E-state index is -0.978. The van der Waals surface area contributed by atoms with E-state index in [9.17, 15) is 19.8 Å². The maximum atomic E-state index is 12.9. The number of piperidine rings is 1. The molecular formula is C25H32N4O5. The lowest BCUT2D eigenvalue weighted by Crippen LogP contribution is -2.51. The van der Waals surface area contributed by atoms with E-state index < -0.39 is 17.6 Å². The quantitative estimate of drug-likeness (QED) is 0.571. The van der Waals surface area contributed by atoms with Gasteiger partial charge in [-0.3, -0.25) is 9.59 Å². The molecule has 1 aromatic carbocycles. The van der Waals surface area contributed by atoms with Crippen molar-refractivity contribution in [3.63, 3.8) is 0 Å². The number of carbonyl (C=O) groups is 2. The third kappa shape index (κ3) is 5.31. The van der Waals surface area contributed by atoms with Crippen LogP contribution in [0.1, 0.15) is 35.3 Å². The number of carbonyl (C=O) groups excluding carboxylic acids is 2. The smallest absolute Gasteiger partial charge is 0.272 e. The molecule has 0 saturated carbocycles. The molecule has 0 radical (unpaired) electrons. The number of aromatic nitrogens is 1. The number of aliphatic hydroxyl groups excluding tert-OH is 2. The van der Waals surface area contributed by atoms with E-state index in [2.05, 4.69) is 4.98 Å². The summed E-state index contributed by atoms with van der Waals surface area (Å²) in [5, 5.41) is 21.7. The second kappa shape index (κ2) is 9.99. The molecule has 2 amide bonds. The number of pyridine rings is 1. The van der Waals surface area contributed by atoms with Crippen LogP contribution in [0, 0.1) is 5.41 Å². The van der Waals surface area contributed by atoms with E-state index in [4.69, 9.17) is 10.5 Å². The molecule has 3 heterocycles. The van der Waals surface area contributed by atoms with Gasteiger partial charge in [-0.05, 0) is 48.4 Å². The number of nitrogens with two attached hydrogens (primary N) is 1. The van der Waals surface area contributed by atoms with Gasteiger partial charge in [-0.1, -0.05) is 24.3 Å². The van der Waals surface area contributed by atoms with Crippen molar-refractivity contribution < 1.29 is 24.5 Å². The molecule has 182 valence electrons. The number of fused-ring (bicyclic) bond motifs is 1. The number of hydrogen-bond donors (Lipinski definition) is 3. The minimum absolute atomic E-state index is 0.103. The summed E-state index contributed by atoms with van der Waals surface area (Å²) in [4.78, 5) is 33.2. The van der Waals surface area contributed by atoms with E-state index in [1.807, 2.05) is 18.2 Å². The zero-order chi connectivity index (χ0) is 24.3. The van der Waals surface area contributed by atoms with Gasteiger partial charge in [-0.2, -0.15) is 0 Å². The van der Waals surface area contributed by atoms with Gasteiger partial charge in [-0.15, -0.1) is 0 Å². The van der Waals surface area contributed by atoms with Crippen LogP contribution in [0.2, 0.25) is 0 Å². The fraction of sp³-hybridized carbons (Fsp3) is 0.480. The van der Waals surface area contributed by atoms with Crippen LogP contribution in [-0.4, -0.2) is 82.3 Å². The van der Waals surface area contributed by atoms with Crippen LogP contribution in [0.25, 0.3) is 0 Å². The molecule has 0 unspecified atom stereocenters. The van der Waals surface area contributed by atoms with Gasteiger partial charge in [-0.25, -0.2) is 4.98 Å². The SMILES string of the molecule is CN1CC2(CCN(C(=O)c3cccc(N)n3)CC2)C[C@@H](O)[C@@H](O)Cc2ccccc2OCC1=O. The van der Waals surface area contributed by atoms with Crippen molar-refractivity contribution in [2.75, 3.05) is 39.0 Å². The fourth-order valence-electron chi connectivity index (χ4n) is 4.94. The first kappa shape index (κ1) is 24.0. The minimum Gasteiger partial charge on any atom is -0.483 e. The summed E-state index contributed by atoms with van der Waals surface area (Å²) in [6.07, 6.45) is -0.233. The number of rotatable bonds is 1. The number of amides is 2. The molecule has 2 aromatic rings. The molecular weight excluding hydrogens is 436 g/mol. The number of anilines is 1. The molecule has 1 saturated heterocycles. The third-order valence-electron chi connectivity index (χ3n) is 6.94. The van der Waals surface area contributed by atoms with Crippen molar-refractivity contribution in [1.82, 2.24) is 14.8 Å². The van der Waals surface area contributed by atoms with Gasteiger partial charge in [0.25, 0.3) is 11.8 Å². The van der Waals surface area contributed by atoms with Gasteiger partial charge in [0.2, 0.25) is 0 Å². The van der Waals surface area contributed by atoms with Gasteiger partial charge >= 0.3 is 0 Å². The van der Waals surface area contributed by atoms with Crippen LogP contribution in [-0.2, 0) is 11.2 Å². The molecule has 1 fully saturated rings. The Hall–Kier alpha value is -3.17. The van der Waals surface area contributed by atoms with Crippen LogP contribution in [0.3, 0.4) is 0 Å². The number of likely N-dealkylation sites (N-methyl/N-ethyl adjacent to an activating group) is 1. The Bertz CT molecular complexity index is 1040. The highest BCUT2D eigenvalue weighted by molar-refractivity contribution is 5.92. The summed E-state index contributed by atoms with van der Waals surface area (Å²) < 4.78 is 5.76. The molecule has 0 aliphatic carbocycles. The lowest BCUT2D eigenvalue weighted by atomic mass is 9.72. The molecule has 1 aromatic heterocycles. The highest BCUT2D eigenvalue weighted by atomic mass is 16.5. The molecule has 0 bridgehead atoms. The molecule has 2 aliphatic rings. The van der Waals surface area contributed by atoms with E-state index in [0.29, 0.717) is 56.2 Å². The zero-order valence-electron chi connectivity index (χ0n) is 19.4. The number of nitrogens with zero attached hydrogens (tertiary/aromatic N) is 3. The number of nitrogen functional groups attached to an aromatic ring is 1. The number of hydrogen-bond acceptors (Lipinski definition) is 7. The van der Waals surface area contributed by atoms with E-state index >= 15 is 0 Å². The average Bonchev–Trinajstić information content (AvgIpc) is 2.82. The highest BCUT2D eigenvalue weighted by Crippen LogP contribution is 2.38. The second-order valence-electron chi connectivity index (χ2n) is 9.43. The number of aliphatic hydroxyl groups is 2. The fourth-order valence-corrected chi connectivity index (χ4v) is 4.94. The van der Waals surface area contributed by atoms with Crippen molar-refractivity contribution in [3.05, 3.63) is 53.7 Å². The summed E-state index contributed by atoms with van der Waals surface area (Å²) in [7, 11) is 1.72. The van der Waals surface area contributed by atoms with Crippen LogP contribution in [0.15, 0.2) is 42.5 Å². The molecule has 4 rings (SSSR count). The summed E-state index contributed by atoms with van der Waals surface area (Å²) in [5.74, 6) is 0.477. The summed E-state index contributed by atoms with van der Waals surface area (Å²) in [6.45, 7) is 1.21. The van der Waals surface area contributed by atoms with Gasteiger partial charge in [0, 0.05) is 33.1 Å². The number of benzene rings is 1. The molecule has 1 spiro atoms. The topological polar surface area (TPSA) is 129 Å². The Balaban J connectivity index is 1.52. The van der Waals surface area contributed by atoms with E-state index in [0.717, 1.165) is 5.56 Å². The van der Waals surface area contributed by atoms with Gasteiger partial charge in [0.15, 0.2) is 6.61 Å². The first-order valence-electron chi connectivity index (χ1n) is 11.6. The molecule has 9 nitrogen and oxygen atoms in total. The normalized spacial score (nSPS) is 23.4. The van der Waals surface area contributed by atoms with E-state index in [1.165, 1.54) is 0 Å². The van der Waals surface area contributed by atoms with Crippen molar-refractivity contribution in [3.8, 4) is 5.75 Å². The molecule has 4 N–H and O–H groups in total. The zero-order valence-corrected chi connectivity index (χ0v) is 19.4. The van der Waals surface area contributed by atoms with Crippen LogP contribution in [0.5, 0.6) is 5.75 Å². The van der Waals surface area contributed by atoms with Gasteiger partial charge < -0.3 is 30.5 Å². The first-order valence-corrected chi connectivity index (χ1v) is 11.6. The maximum absolute atomic E-state index is 12.9. The van der Waals surface area contributed by atoms with Crippen molar-refractivity contribution in [1.29, 1.82) is 0 Å². The van der Waals surface area contributed by atoms with Gasteiger partial charge in [0.1, 0.15) is 17.3 Å². The number of likely N-dealkylation sites (tertiary alicyclic amines) is 1.